The van der Waals surface area contributed by atoms with Gasteiger partial charge in [0.1, 0.15) is 0 Å². The molecule has 2 aromatic heterocycles. The first-order valence-corrected chi connectivity index (χ1v) is 11.2. The van der Waals surface area contributed by atoms with Crippen LogP contribution in [0.3, 0.4) is 0 Å². The molecule has 160 valence electrons. The topological polar surface area (TPSA) is 81.3 Å². The van der Waals surface area contributed by atoms with Gasteiger partial charge in [-0.1, -0.05) is 49.9 Å². The predicted octanol–water partition coefficient (Wildman–Crippen LogP) is 3.51. The van der Waals surface area contributed by atoms with Gasteiger partial charge in [0.05, 0.1) is 22.3 Å². The first-order chi connectivity index (χ1) is 14.9. The maximum absolute atomic E-state index is 13.4. The summed E-state index contributed by atoms with van der Waals surface area (Å²) in [5.74, 6) is 0.994. The number of nitrogens with one attached hydrogen (secondary N) is 1. The van der Waals surface area contributed by atoms with Gasteiger partial charge in [-0.05, 0) is 49.1 Å². The van der Waals surface area contributed by atoms with Crippen LogP contribution in [0.25, 0.3) is 22.4 Å². The van der Waals surface area contributed by atoms with E-state index in [2.05, 4.69) is 29.4 Å². The van der Waals surface area contributed by atoms with Crippen molar-refractivity contribution in [3.8, 4) is 5.69 Å². The molecule has 0 aliphatic heterocycles. The van der Waals surface area contributed by atoms with Crippen LogP contribution in [0.5, 0.6) is 0 Å². The fourth-order valence-electron chi connectivity index (χ4n) is 3.45. The van der Waals surface area contributed by atoms with E-state index < -0.39 is 0 Å². The minimum absolute atomic E-state index is 0.0531. The Morgan fingerprint density at radius 1 is 1.13 bits per heavy atom. The molecule has 4 rings (SSSR count). The van der Waals surface area contributed by atoms with Gasteiger partial charge >= 0.3 is 0 Å². The molecule has 0 radical (unpaired) electrons. The van der Waals surface area contributed by atoms with E-state index in [0.29, 0.717) is 28.8 Å². The van der Waals surface area contributed by atoms with E-state index in [1.54, 1.807) is 4.57 Å². The molecule has 8 heteroatoms. The predicted molar refractivity (Wildman–Crippen MR) is 124 cm³/mol. The third-order valence-corrected chi connectivity index (χ3v) is 5.97. The van der Waals surface area contributed by atoms with E-state index in [9.17, 15) is 9.59 Å². The molecule has 31 heavy (non-hydrogen) atoms. The highest BCUT2D eigenvalue weighted by Crippen LogP contribution is 2.24. The zero-order valence-electron chi connectivity index (χ0n) is 18.0. The van der Waals surface area contributed by atoms with Crippen LogP contribution in [0.15, 0.2) is 52.4 Å². The summed E-state index contributed by atoms with van der Waals surface area (Å²) in [6, 6.07) is 13.4. The lowest BCUT2D eigenvalue weighted by Gasteiger charge is -2.14. The summed E-state index contributed by atoms with van der Waals surface area (Å²) in [6.07, 6.45) is 0. The molecule has 7 nitrogen and oxygen atoms in total. The number of thioether (sulfide) groups is 1. The van der Waals surface area contributed by atoms with E-state index in [4.69, 9.17) is 0 Å². The number of para-hydroxylation sites is 1. The van der Waals surface area contributed by atoms with Crippen LogP contribution in [-0.2, 0) is 4.79 Å². The zero-order valence-corrected chi connectivity index (χ0v) is 18.9. The summed E-state index contributed by atoms with van der Waals surface area (Å²) >= 11 is 1.31. The third kappa shape index (κ3) is 4.07. The van der Waals surface area contributed by atoms with Gasteiger partial charge in [0.2, 0.25) is 11.7 Å². The fourth-order valence-corrected chi connectivity index (χ4v) is 4.22. The molecule has 1 amide bonds. The smallest absolute Gasteiger partial charge is 0.267 e. The second-order valence-corrected chi connectivity index (χ2v) is 8.99. The van der Waals surface area contributed by atoms with E-state index >= 15 is 0 Å². The second kappa shape index (κ2) is 8.55. The average molecular weight is 436 g/mol. The number of amides is 1. The van der Waals surface area contributed by atoms with Gasteiger partial charge in [-0.25, -0.2) is 4.57 Å². The number of carbonyl (C=O) groups is 1. The molecule has 4 aromatic rings. The molecule has 0 saturated carbocycles. The number of aromatic nitrogens is 4. The number of hydrogen-bond donors (Lipinski definition) is 1. The fraction of sp³-hybridized carbons (Fsp3) is 0.304. The van der Waals surface area contributed by atoms with Crippen molar-refractivity contribution in [1.29, 1.82) is 0 Å². The summed E-state index contributed by atoms with van der Waals surface area (Å²) in [5.41, 5.74) is 3.37. The summed E-state index contributed by atoms with van der Waals surface area (Å²) in [5, 5.41) is 12.7. The van der Waals surface area contributed by atoms with E-state index in [-0.39, 0.29) is 17.2 Å². The van der Waals surface area contributed by atoms with E-state index in [1.165, 1.54) is 11.8 Å². The van der Waals surface area contributed by atoms with Gasteiger partial charge in [-0.15, -0.1) is 10.2 Å². The van der Waals surface area contributed by atoms with Crippen molar-refractivity contribution < 1.29 is 4.79 Å². The van der Waals surface area contributed by atoms with Crippen molar-refractivity contribution in [1.82, 2.24) is 24.5 Å². The van der Waals surface area contributed by atoms with Gasteiger partial charge in [0.15, 0.2) is 5.16 Å². The molecular formula is C23H25N5O2S. The molecular weight excluding hydrogens is 410 g/mol. The van der Waals surface area contributed by atoms with Crippen LogP contribution in [0.1, 0.15) is 25.0 Å². The number of nitrogens with zero attached hydrogens (tertiary/aromatic N) is 4. The molecule has 0 aliphatic carbocycles. The Labute approximate surface area is 184 Å². The Bertz CT molecular complexity index is 1340. The van der Waals surface area contributed by atoms with Gasteiger partial charge < -0.3 is 5.32 Å². The Hall–Kier alpha value is -3.13. The van der Waals surface area contributed by atoms with Crippen LogP contribution >= 0.6 is 11.8 Å². The molecule has 0 aliphatic rings. The highest BCUT2D eigenvalue weighted by Gasteiger charge is 2.19. The van der Waals surface area contributed by atoms with Crippen molar-refractivity contribution in [3.05, 3.63) is 63.9 Å². The van der Waals surface area contributed by atoms with Crippen molar-refractivity contribution >= 4 is 34.3 Å². The maximum atomic E-state index is 13.4. The van der Waals surface area contributed by atoms with Crippen LogP contribution in [0.4, 0.5) is 0 Å². The number of fused-ring (bicyclic) bond motifs is 3. The molecule has 2 aromatic carbocycles. The van der Waals surface area contributed by atoms with Crippen molar-refractivity contribution in [2.24, 2.45) is 5.92 Å². The summed E-state index contributed by atoms with van der Waals surface area (Å²) < 4.78 is 3.47. The number of aryl methyl sites for hydroxylation is 2. The van der Waals surface area contributed by atoms with Crippen molar-refractivity contribution in [2.45, 2.75) is 32.9 Å². The normalized spacial score (nSPS) is 11.5. The highest BCUT2D eigenvalue weighted by atomic mass is 32.2. The number of carbonyl (C=O) groups excluding carboxylic acids is 1. The lowest BCUT2D eigenvalue weighted by molar-refractivity contribution is -0.118. The highest BCUT2D eigenvalue weighted by molar-refractivity contribution is 7.99. The largest absolute Gasteiger partial charge is 0.355 e. The molecule has 0 bridgehead atoms. The Morgan fingerprint density at radius 3 is 2.68 bits per heavy atom. The number of hydrogen-bond acceptors (Lipinski definition) is 5. The number of rotatable bonds is 6. The van der Waals surface area contributed by atoms with Crippen LogP contribution in [0, 0.1) is 19.8 Å². The summed E-state index contributed by atoms with van der Waals surface area (Å²) in [6.45, 7) is 8.70. The summed E-state index contributed by atoms with van der Waals surface area (Å²) in [7, 11) is 0. The Balaban J connectivity index is 1.87. The standard InChI is InChI=1S/C23H25N5O2S/c1-14(2)12-24-20(29)13-31-23-26-25-22-27(19-11-15(3)9-10-16(19)4)21(30)17-7-5-6-8-18(17)28(22)23/h5-11,14H,12-13H2,1-4H3,(H,24,29). The van der Waals surface area contributed by atoms with Gasteiger partial charge in [-0.2, -0.15) is 0 Å². The molecule has 0 spiro atoms. The van der Waals surface area contributed by atoms with Crippen LogP contribution in [0.2, 0.25) is 0 Å². The van der Waals surface area contributed by atoms with Gasteiger partial charge in [-0.3, -0.25) is 14.0 Å². The SMILES string of the molecule is Cc1ccc(C)c(-n2c(=O)c3ccccc3n3c(SCC(=O)NCC(C)C)nnc23)c1. The first-order valence-electron chi connectivity index (χ1n) is 10.2. The Morgan fingerprint density at radius 2 is 1.90 bits per heavy atom. The molecule has 0 saturated heterocycles. The maximum Gasteiger partial charge on any atom is 0.267 e. The van der Waals surface area contributed by atoms with Gasteiger partial charge in [0, 0.05) is 6.54 Å². The lowest BCUT2D eigenvalue weighted by Crippen LogP contribution is -2.28. The van der Waals surface area contributed by atoms with Crippen molar-refractivity contribution in [3.63, 3.8) is 0 Å². The quantitative estimate of drug-likeness (QED) is 0.469. The monoisotopic (exact) mass is 435 g/mol. The van der Waals surface area contributed by atoms with E-state index in [1.807, 2.05) is 60.7 Å². The summed E-state index contributed by atoms with van der Waals surface area (Å²) in [4.78, 5) is 25.7. The molecule has 0 fully saturated rings. The van der Waals surface area contributed by atoms with Crippen molar-refractivity contribution in [2.75, 3.05) is 12.3 Å². The molecule has 1 N–H and O–H groups in total. The van der Waals surface area contributed by atoms with E-state index in [0.717, 1.165) is 22.3 Å². The number of benzene rings is 2. The Kier molecular flexibility index (Phi) is 5.82. The average Bonchev–Trinajstić information content (AvgIpc) is 3.17. The molecule has 2 heterocycles. The molecule has 0 unspecified atom stereocenters. The second-order valence-electron chi connectivity index (χ2n) is 8.05. The molecule has 0 atom stereocenters. The van der Waals surface area contributed by atoms with Gasteiger partial charge in [0.25, 0.3) is 5.56 Å². The third-order valence-electron chi connectivity index (χ3n) is 5.04. The zero-order chi connectivity index (χ0) is 22.1. The lowest BCUT2D eigenvalue weighted by atomic mass is 10.1. The minimum atomic E-state index is -0.143. The van der Waals surface area contributed by atoms with Crippen LogP contribution in [-0.4, -0.2) is 37.4 Å². The minimum Gasteiger partial charge on any atom is -0.355 e. The van der Waals surface area contributed by atoms with Crippen LogP contribution < -0.4 is 10.9 Å². The first kappa shape index (κ1) is 21.1.